The molecule has 1 aromatic carbocycles. The molecule has 0 spiro atoms. The molecule has 0 radical (unpaired) electrons. The van der Waals surface area contributed by atoms with Crippen molar-refractivity contribution in [3.63, 3.8) is 0 Å². The maximum absolute atomic E-state index is 12.0. The Morgan fingerprint density at radius 1 is 1.44 bits per heavy atom. The summed E-state index contributed by atoms with van der Waals surface area (Å²) >= 11 is 2.16. The summed E-state index contributed by atoms with van der Waals surface area (Å²) in [6.45, 7) is 0. The normalized spacial score (nSPS) is 30.2. The van der Waals surface area contributed by atoms with E-state index in [0.29, 0.717) is 11.3 Å². The molecule has 0 aromatic heterocycles. The summed E-state index contributed by atoms with van der Waals surface area (Å²) in [4.78, 5) is 12.0. The van der Waals surface area contributed by atoms with Gasteiger partial charge in [-0.15, -0.1) is 0 Å². The van der Waals surface area contributed by atoms with Crippen molar-refractivity contribution in [1.82, 2.24) is 5.32 Å². The number of halogens is 1. The van der Waals surface area contributed by atoms with E-state index in [2.05, 4.69) is 27.9 Å². The maximum Gasteiger partial charge on any atom is 0.251 e. The summed E-state index contributed by atoms with van der Waals surface area (Å²) in [5, 5.41) is 3.12. The van der Waals surface area contributed by atoms with Crippen LogP contribution >= 0.6 is 22.6 Å². The van der Waals surface area contributed by atoms with Crippen LogP contribution in [0.15, 0.2) is 18.2 Å². The van der Waals surface area contributed by atoms with Gasteiger partial charge in [-0.2, -0.15) is 0 Å². The molecule has 1 amide bonds. The molecule has 0 unspecified atom stereocenters. The van der Waals surface area contributed by atoms with Crippen LogP contribution in [-0.4, -0.2) is 11.4 Å². The van der Waals surface area contributed by atoms with E-state index in [9.17, 15) is 4.79 Å². The summed E-state index contributed by atoms with van der Waals surface area (Å²) in [6.07, 6.45) is 3.50. The van der Waals surface area contributed by atoms with Gasteiger partial charge >= 0.3 is 0 Å². The topological polar surface area (TPSA) is 55.1 Å². The van der Waals surface area contributed by atoms with Crippen molar-refractivity contribution in [2.24, 2.45) is 5.92 Å². The fraction of sp³-hybridized carbons (Fsp3) is 0.417. The van der Waals surface area contributed by atoms with Crippen molar-refractivity contribution < 1.29 is 4.79 Å². The summed E-state index contributed by atoms with van der Waals surface area (Å²) in [5.74, 6) is 0.892. The maximum atomic E-state index is 12.0. The lowest BCUT2D eigenvalue weighted by Gasteiger charge is -2.61. The number of hydrogen-bond donors (Lipinski definition) is 2. The van der Waals surface area contributed by atoms with E-state index in [1.54, 1.807) is 6.07 Å². The van der Waals surface area contributed by atoms with Gasteiger partial charge in [0.25, 0.3) is 5.91 Å². The van der Waals surface area contributed by atoms with Crippen LogP contribution in [0.25, 0.3) is 0 Å². The Morgan fingerprint density at radius 3 is 2.62 bits per heavy atom. The number of carbonyl (C=O) groups excluding carboxylic acids is 1. The third kappa shape index (κ3) is 1.50. The first-order chi connectivity index (χ1) is 7.58. The van der Waals surface area contributed by atoms with Crippen LogP contribution < -0.4 is 11.1 Å². The molecule has 16 heavy (non-hydrogen) atoms. The lowest BCUT2D eigenvalue weighted by molar-refractivity contribution is -0.0438. The average Bonchev–Trinajstić information content (AvgIpc) is 2.13. The molecule has 0 saturated heterocycles. The molecular weight excluding hydrogens is 315 g/mol. The van der Waals surface area contributed by atoms with Gasteiger partial charge in [0.15, 0.2) is 0 Å². The number of nitrogens with two attached hydrogens (primary N) is 1. The van der Waals surface area contributed by atoms with Gasteiger partial charge in [0.05, 0.1) is 0 Å². The van der Waals surface area contributed by atoms with Crippen LogP contribution in [0.1, 0.15) is 29.6 Å². The molecule has 3 fully saturated rings. The molecule has 0 heterocycles. The highest BCUT2D eigenvalue weighted by Gasteiger charge is 2.57. The van der Waals surface area contributed by atoms with E-state index in [1.807, 2.05) is 12.1 Å². The third-order valence-electron chi connectivity index (χ3n) is 3.68. The summed E-state index contributed by atoms with van der Waals surface area (Å²) in [6, 6.07) is 5.47. The van der Waals surface area contributed by atoms with Crippen LogP contribution in [0.2, 0.25) is 0 Å². The second kappa shape index (κ2) is 3.35. The van der Waals surface area contributed by atoms with E-state index >= 15 is 0 Å². The van der Waals surface area contributed by atoms with E-state index < -0.39 is 0 Å². The van der Waals surface area contributed by atoms with Gasteiger partial charge in [-0.1, -0.05) is 0 Å². The number of anilines is 1. The van der Waals surface area contributed by atoms with Crippen molar-refractivity contribution in [2.75, 3.05) is 5.73 Å². The quantitative estimate of drug-likeness (QED) is 0.646. The van der Waals surface area contributed by atoms with E-state index in [0.717, 1.165) is 9.49 Å². The zero-order valence-electron chi connectivity index (χ0n) is 8.79. The van der Waals surface area contributed by atoms with Gasteiger partial charge < -0.3 is 11.1 Å². The van der Waals surface area contributed by atoms with E-state index in [4.69, 9.17) is 5.73 Å². The average molecular weight is 328 g/mol. The van der Waals surface area contributed by atoms with Crippen molar-refractivity contribution in [3.05, 3.63) is 27.3 Å². The molecule has 3 N–H and O–H groups in total. The zero-order chi connectivity index (χ0) is 11.3. The number of nitrogen functional groups attached to an aromatic ring is 1. The first-order valence-electron chi connectivity index (χ1n) is 5.46. The largest absolute Gasteiger partial charge is 0.398 e. The molecule has 1 aromatic rings. The number of carbonyl (C=O) groups is 1. The second-order valence-electron chi connectivity index (χ2n) is 4.95. The third-order valence-corrected chi connectivity index (χ3v) is 4.66. The molecular formula is C12H13IN2O. The predicted octanol–water partition coefficient (Wildman–Crippen LogP) is 2.16. The highest BCUT2D eigenvalue weighted by Crippen LogP contribution is 2.56. The molecule has 0 aliphatic heterocycles. The minimum Gasteiger partial charge on any atom is -0.398 e. The van der Waals surface area contributed by atoms with Crippen LogP contribution in [0.5, 0.6) is 0 Å². The van der Waals surface area contributed by atoms with Gasteiger partial charge in [-0.3, -0.25) is 4.79 Å². The minimum absolute atomic E-state index is 0.0150. The van der Waals surface area contributed by atoms with Gasteiger partial charge in [0.1, 0.15) is 0 Å². The molecule has 3 aliphatic rings. The van der Waals surface area contributed by atoms with Crippen molar-refractivity contribution in [1.29, 1.82) is 0 Å². The molecule has 3 saturated carbocycles. The number of amides is 1. The van der Waals surface area contributed by atoms with Crippen LogP contribution in [0.4, 0.5) is 5.69 Å². The Labute approximate surface area is 108 Å². The van der Waals surface area contributed by atoms with Gasteiger partial charge in [-0.25, -0.2) is 0 Å². The first-order valence-corrected chi connectivity index (χ1v) is 6.53. The number of nitrogens with one attached hydrogen (secondary N) is 1. The highest BCUT2D eigenvalue weighted by molar-refractivity contribution is 14.1. The number of hydrogen-bond acceptors (Lipinski definition) is 2. The monoisotopic (exact) mass is 328 g/mol. The van der Waals surface area contributed by atoms with Crippen LogP contribution in [0.3, 0.4) is 0 Å². The van der Waals surface area contributed by atoms with Crippen molar-refractivity contribution in [2.45, 2.75) is 24.8 Å². The highest BCUT2D eigenvalue weighted by atomic mass is 127. The minimum atomic E-state index is 0.0150. The Morgan fingerprint density at radius 2 is 2.12 bits per heavy atom. The Bertz CT molecular complexity index is 455. The SMILES string of the molecule is Nc1cc(C(=O)NC23CC(C2)C3)ccc1I. The van der Waals surface area contributed by atoms with Crippen LogP contribution in [0, 0.1) is 9.49 Å². The molecule has 4 rings (SSSR count). The van der Waals surface area contributed by atoms with Crippen molar-refractivity contribution >= 4 is 34.2 Å². The summed E-state index contributed by atoms with van der Waals surface area (Å²) in [7, 11) is 0. The Balaban J connectivity index is 1.75. The molecule has 84 valence electrons. The summed E-state index contributed by atoms with van der Waals surface area (Å²) in [5.41, 5.74) is 7.27. The van der Waals surface area contributed by atoms with Crippen LogP contribution in [-0.2, 0) is 0 Å². The van der Waals surface area contributed by atoms with E-state index in [-0.39, 0.29) is 11.4 Å². The van der Waals surface area contributed by atoms with Crippen molar-refractivity contribution in [3.8, 4) is 0 Å². The lowest BCUT2D eigenvalue weighted by Crippen LogP contribution is -2.68. The summed E-state index contributed by atoms with van der Waals surface area (Å²) < 4.78 is 0.986. The van der Waals surface area contributed by atoms with E-state index in [1.165, 1.54) is 19.3 Å². The molecule has 4 heteroatoms. The number of rotatable bonds is 2. The first kappa shape index (κ1) is 10.4. The van der Waals surface area contributed by atoms with Gasteiger partial charge in [0.2, 0.25) is 0 Å². The number of benzene rings is 1. The van der Waals surface area contributed by atoms with Gasteiger partial charge in [-0.05, 0) is 66.0 Å². The Hall–Kier alpha value is -0.780. The predicted molar refractivity (Wildman–Crippen MR) is 71.1 cm³/mol. The lowest BCUT2D eigenvalue weighted by atomic mass is 9.50. The standard InChI is InChI=1S/C12H13IN2O/c13-9-2-1-8(3-10(9)14)11(16)15-12-4-7(5-12)6-12/h1-3,7H,4-6,14H2,(H,15,16). The second-order valence-corrected chi connectivity index (χ2v) is 6.11. The molecule has 2 bridgehead atoms. The van der Waals surface area contributed by atoms with Gasteiger partial charge in [0, 0.05) is 20.4 Å². The fourth-order valence-electron chi connectivity index (χ4n) is 2.63. The molecule has 3 nitrogen and oxygen atoms in total. The Kier molecular flexibility index (Phi) is 2.18. The fourth-order valence-corrected chi connectivity index (χ4v) is 2.96. The molecule has 3 aliphatic carbocycles. The molecule has 0 atom stereocenters. The smallest absolute Gasteiger partial charge is 0.251 e. The zero-order valence-corrected chi connectivity index (χ0v) is 11.0.